The van der Waals surface area contributed by atoms with Crippen LogP contribution in [0.1, 0.15) is 120 Å². The van der Waals surface area contributed by atoms with Crippen molar-refractivity contribution in [3.63, 3.8) is 0 Å². The molecule has 0 saturated carbocycles. The van der Waals surface area contributed by atoms with Crippen LogP contribution in [0.3, 0.4) is 0 Å². The van der Waals surface area contributed by atoms with Crippen molar-refractivity contribution < 1.29 is 0 Å². The van der Waals surface area contributed by atoms with E-state index in [9.17, 15) is 0 Å². The smallest absolute Gasteiger partial charge is 0.0540 e. The maximum Gasteiger partial charge on any atom is 0.0540 e. The van der Waals surface area contributed by atoms with Gasteiger partial charge in [-0.15, -0.1) is 0 Å². The molecule has 0 radical (unpaired) electrons. The monoisotopic (exact) mass is 679 g/mol. The molecule has 0 heterocycles. The van der Waals surface area contributed by atoms with E-state index in [-0.39, 0.29) is 16.2 Å². The van der Waals surface area contributed by atoms with Crippen molar-refractivity contribution in [1.29, 1.82) is 0 Å². The summed E-state index contributed by atoms with van der Waals surface area (Å²) in [6.45, 7) is 21.4. The molecule has 6 aromatic rings. The van der Waals surface area contributed by atoms with E-state index in [0.29, 0.717) is 11.8 Å². The van der Waals surface area contributed by atoms with Gasteiger partial charge in [-0.1, -0.05) is 165 Å². The largest absolute Gasteiger partial charge is 0.310 e. The van der Waals surface area contributed by atoms with E-state index in [1.165, 1.54) is 78.3 Å². The predicted molar refractivity (Wildman–Crippen MR) is 223 cm³/mol. The third-order valence-electron chi connectivity index (χ3n) is 12.3. The Labute approximate surface area is 312 Å². The topological polar surface area (TPSA) is 3.24 Å². The predicted octanol–water partition coefficient (Wildman–Crippen LogP) is 14.4. The number of hydrogen-bond donors (Lipinski definition) is 0. The average molecular weight is 680 g/mol. The Hall–Kier alpha value is -4.88. The van der Waals surface area contributed by atoms with Gasteiger partial charge in [0.15, 0.2) is 0 Å². The fourth-order valence-corrected chi connectivity index (χ4v) is 9.47. The van der Waals surface area contributed by atoms with Crippen LogP contribution >= 0.6 is 0 Å². The third kappa shape index (κ3) is 5.44. The van der Waals surface area contributed by atoms with Gasteiger partial charge in [0, 0.05) is 27.8 Å². The zero-order chi connectivity index (χ0) is 36.6. The van der Waals surface area contributed by atoms with Gasteiger partial charge in [0.2, 0.25) is 0 Å². The molecule has 0 N–H and O–H groups in total. The molecule has 2 atom stereocenters. The molecule has 1 heteroatoms. The Morgan fingerprint density at radius 1 is 0.596 bits per heavy atom. The number of anilines is 3. The van der Waals surface area contributed by atoms with Gasteiger partial charge >= 0.3 is 0 Å². The SMILES string of the molecule is CC(C)c1ccc(N(c2ccc3c(c2)C(C)(C)c2ccccc2-3)c2ccccc2-c2ccccc2)cc1C1(C)CC(C)c2ccc(C(C)(C)C)cc21. The molecule has 0 fully saturated rings. The Morgan fingerprint density at radius 3 is 1.92 bits per heavy atom. The highest BCUT2D eigenvalue weighted by Gasteiger charge is 2.42. The Balaban J connectivity index is 1.37. The lowest BCUT2D eigenvalue weighted by atomic mass is 9.72. The lowest BCUT2D eigenvalue weighted by Gasteiger charge is -2.35. The standard InChI is InChI=1S/C51H53N/c1-33(2)39-27-24-38(31-47(39)51(9)32-34(3)40-26-23-36(29-46(40)51)49(4,5)6)52(48-22-16-14-19-41(48)35-17-11-10-12-18-35)37-25-28-43-42-20-13-15-21-44(42)50(7,8)45(43)30-37/h10-31,33-34H,32H2,1-9H3. The highest BCUT2D eigenvalue weighted by molar-refractivity contribution is 5.90. The molecule has 2 unspecified atom stereocenters. The molecule has 1 nitrogen and oxygen atoms in total. The molecule has 6 aromatic carbocycles. The third-order valence-corrected chi connectivity index (χ3v) is 12.3. The van der Waals surface area contributed by atoms with E-state index in [1.807, 2.05) is 0 Å². The van der Waals surface area contributed by atoms with E-state index >= 15 is 0 Å². The number of rotatable bonds is 6. The second-order valence-corrected chi connectivity index (χ2v) is 17.5. The summed E-state index contributed by atoms with van der Waals surface area (Å²) >= 11 is 0. The second kappa shape index (κ2) is 12.4. The minimum absolute atomic E-state index is 0.0868. The van der Waals surface area contributed by atoms with Crippen molar-refractivity contribution >= 4 is 17.1 Å². The fraction of sp³-hybridized carbons (Fsp3) is 0.294. The molecular formula is C51H53N. The van der Waals surface area contributed by atoms with Gasteiger partial charge in [-0.2, -0.15) is 0 Å². The Bertz CT molecular complexity index is 2300. The van der Waals surface area contributed by atoms with Crippen molar-refractivity contribution in [1.82, 2.24) is 0 Å². The molecule has 52 heavy (non-hydrogen) atoms. The fourth-order valence-electron chi connectivity index (χ4n) is 9.47. The number of hydrogen-bond acceptors (Lipinski definition) is 1. The van der Waals surface area contributed by atoms with Crippen molar-refractivity contribution in [2.24, 2.45) is 0 Å². The second-order valence-electron chi connectivity index (χ2n) is 17.5. The molecule has 0 saturated heterocycles. The van der Waals surface area contributed by atoms with Gasteiger partial charge in [0.25, 0.3) is 0 Å². The summed E-state index contributed by atoms with van der Waals surface area (Å²) in [5.74, 6) is 0.892. The number of nitrogens with zero attached hydrogens (tertiary/aromatic N) is 1. The van der Waals surface area contributed by atoms with Gasteiger partial charge in [0.1, 0.15) is 0 Å². The van der Waals surface area contributed by atoms with E-state index in [2.05, 4.69) is 201 Å². The van der Waals surface area contributed by atoms with Crippen LogP contribution in [0.5, 0.6) is 0 Å². The minimum Gasteiger partial charge on any atom is -0.310 e. The van der Waals surface area contributed by atoms with Gasteiger partial charge < -0.3 is 4.90 Å². The van der Waals surface area contributed by atoms with Crippen molar-refractivity contribution in [3.05, 3.63) is 172 Å². The summed E-state index contributed by atoms with van der Waals surface area (Å²) in [4.78, 5) is 2.53. The van der Waals surface area contributed by atoms with Crippen LogP contribution in [0.4, 0.5) is 17.1 Å². The first kappa shape index (κ1) is 34.2. The highest BCUT2D eigenvalue weighted by atomic mass is 15.1. The van der Waals surface area contributed by atoms with Gasteiger partial charge in [-0.05, 0) is 110 Å². The molecule has 2 aliphatic carbocycles. The molecule has 0 spiro atoms. The molecule has 0 amide bonds. The number of para-hydroxylation sites is 1. The summed E-state index contributed by atoms with van der Waals surface area (Å²) in [5, 5.41) is 0. The molecule has 0 aliphatic heterocycles. The Kier molecular flexibility index (Phi) is 8.14. The lowest BCUT2D eigenvalue weighted by Crippen LogP contribution is -2.24. The van der Waals surface area contributed by atoms with E-state index in [4.69, 9.17) is 0 Å². The van der Waals surface area contributed by atoms with Crippen molar-refractivity contribution in [2.75, 3.05) is 4.90 Å². The van der Waals surface area contributed by atoms with Gasteiger partial charge in [-0.25, -0.2) is 0 Å². The molecule has 2 aliphatic rings. The minimum atomic E-state index is -0.113. The zero-order valence-electron chi connectivity index (χ0n) is 32.5. The van der Waals surface area contributed by atoms with Crippen LogP contribution < -0.4 is 4.90 Å². The summed E-state index contributed by atoms with van der Waals surface area (Å²) in [5.41, 5.74) is 18.7. The number of fused-ring (bicyclic) bond motifs is 4. The first-order valence-electron chi connectivity index (χ1n) is 19.3. The number of benzene rings is 6. The van der Waals surface area contributed by atoms with Gasteiger partial charge in [-0.3, -0.25) is 0 Å². The van der Waals surface area contributed by atoms with Crippen LogP contribution in [-0.2, 0) is 16.2 Å². The van der Waals surface area contributed by atoms with Crippen LogP contribution in [0, 0.1) is 0 Å². The summed E-state index contributed by atoms with van der Waals surface area (Å²) in [6, 6.07) is 50.6. The highest BCUT2D eigenvalue weighted by Crippen LogP contribution is 2.55. The normalized spacial score (nSPS) is 18.6. The van der Waals surface area contributed by atoms with Crippen LogP contribution in [0.25, 0.3) is 22.3 Å². The first-order valence-corrected chi connectivity index (χ1v) is 19.3. The average Bonchev–Trinajstić information content (AvgIpc) is 3.54. The van der Waals surface area contributed by atoms with Crippen LogP contribution in [-0.4, -0.2) is 0 Å². The molecule has 8 rings (SSSR count). The molecular weight excluding hydrogens is 627 g/mol. The maximum absolute atomic E-state index is 2.55. The Morgan fingerprint density at radius 2 is 1.21 bits per heavy atom. The van der Waals surface area contributed by atoms with Gasteiger partial charge in [0.05, 0.1) is 5.69 Å². The molecule has 0 aromatic heterocycles. The molecule has 0 bridgehead atoms. The van der Waals surface area contributed by atoms with E-state index in [1.54, 1.807) is 0 Å². The lowest BCUT2D eigenvalue weighted by molar-refractivity contribution is 0.517. The van der Waals surface area contributed by atoms with Crippen LogP contribution in [0.2, 0.25) is 0 Å². The van der Waals surface area contributed by atoms with E-state index in [0.717, 1.165) is 6.42 Å². The summed E-state index contributed by atoms with van der Waals surface area (Å²) in [7, 11) is 0. The first-order chi connectivity index (χ1) is 24.8. The van der Waals surface area contributed by atoms with E-state index < -0.39 is 0 Å². The summed E-state index contributed by atoms with van der Waals surface area (Å²) < 4.78 is 0. The maximum atomic E-state index is 2.55. The molecule has 262 valence electrons. The zero-order valence-corrected chi connectivity index (χ0v) is 32.5. The van der Waals surface area contributed by atoms with Crippen LogP contribution in [0.15, 0.2) is 133 Å². The quantitative estimate of drug-likeness (QED) is 0.169. The van der Waals surface area contributed by atoms with Crippen molar-refractivity contribution in [3.8, 4) is 22.3 Å². The summed E-state index contributed by atoms with van der Waals surface area (Å²) in [6.07, 6.45) is 1.10. The van der Waals surface area contributed by atoms with Crippen molar-refractivity contribution in [2.45, 2.75) is 96.8 Å².